The average molecular weight is 284 g/mol. The van der Waals surface area contributed by atoms with Gasteiger partial charge in [-0.2, -0.15) is 0 Å². The molecule has 3 N–H and O–H groups in total. The number of carbonyl (C=O) groups is 1. The van der Waals surface area contributed by atoms with E-state index in [0.29, 0.717) is 26.2 Å². The van der Waals surface area contributed by atoms with Gasteiger partial charge in [0.15, 0.2) is 0 Å². The molecule has 1 aliphatic carbocycles. The number of urea groups is 1. The van der Waals surface area contributed by atoms with E-state index in [4.69, 9.17) is 4.74 Å². The second kappa shape index (κ2) is 6.76. The summed E-state index contributed by atoms with van der Waals surface area (Å²) in [4.78, 5) is 11.8. The van der Waals surface area contributed by atoms with Crippen LogP contribution in [0.15, 0.2) is 0 Å². The number of aliphatic hydroxyl groups is 1. The zero-order chi connectivity index (χ0) is 14.5. The van der Waals surface area contributed by atoms with Crippen LogP contribution in [0.25, 0.3) is 0 Å². The van der Waals surface area contributed by atoms with Gasteiger partial charge in [0.25, 0.3) is 0 Å². The standard InChI is InChI=1S/C15H28N2O3/c1-14(6-4-2-3-5-7-14)10-16-13(18)17-11-15(19)8-9-20-12-15/h19H,2-12H2,1H3,(H2,16,17,18). The molecule has 1 unspecified atom stereocenters. The quantitative estimate of drug-likeness (QED) is 0.689. The van der Waals surface area contributed by atoms with E-state index in [1.54, 1.807) is 0 Å². The lowest BCUT2D eigenvalue weighted by Crippen LogP contribution is -2.48. The van der Waals surface area contributed by atoms with Crippen LogP contribution in [0.5, 0.6) is 0 Å². The first-order valence-electron chi connectivity index (χ1n) is 7.83. The summed E-state index contributed by atoms with van der Waals surface area (Å²) >= 11 is 0. The third-order valence-electron chi connectivity index (χ3n) is 4.65. The Balaban J connectivity index is 1.68. The van der Waals surface area contributed by atoms with Crippen molar-refractivity contribution in [2.75, 3.05) is 26.3 Å². The molecule has 1 aliphatic heterocycles. The minimum absolute atomic E-state index is 0.184. The molecule has 5 nitrogen and oxygen atoms in total. The highest BCUT2D eigenvalue weighted by atomic mass is 16.5. The van der Waals surface area contributed by atoms with Crippen molar-refractivity contribution in [3.8, 4) is 0 Å². The fraction of sp³-hybridized carbons (Fsp3) is 0.933. The van der Waals surface area contributed by atoms with Crippen molar-refractivity contribution >= 4 is 6.03 Å². The smallest absolute Gasteiger partial charge is 0.314 e. The van der Waals surface area contributed by atoms with Crippen LogP contribution in [0, 0.1) is 5.41 Å². The minimum atomic E-state index is -0.885. The Kier molecular flexibility index (Phi) is 5.27. The van der Waals surface area contributed by atoms with E-state index in [2.05, 4.69) is 17.6 Å². The fourth-order valence-electron chi connectivity index (χ4n) is 3.10. The molecule has 0 aromatic heterocycles. The van der Waals surface area contributed by atoms with E-state index in [0.717, 1.165) is 0 Å². The third-order valence-corrected chi connectivity index (χ3v) is 4.65. The lowest BCUT2D eigenvalue weighted by Gasteiger charge is -2.28. The highest BCUT2D eigenvalue weighted by Gasteiger charge is 2.32. The molecule has 1 heterocycles. The summed E-state index contributed by atoms with van der Waals surface area (Å²) in [5.41, 5.74) is -0.662. The molecule has 0 aromatic rings. The first kappa shape index (κ1) is 15.6. The SMILES string of the molecule is CC1(CNC(=O)NCC2(O)CCOC2)CCCCCC1. The molecule has 0 bridgehead atoms. The maximum Gasteiger partial charge on any atom is 0.314 e. The van der Waals surface area contributed by atoms with Gasteiger partial charge in [0.1, 0.15) is 5.60 Å². The molecule has 0 radical (unpaired) electrons. The number of ether oxygens (including phenoxy) is 1. The topological polar surface area (TPSA) is 70.6 Å². The number of amides is 2. The lowest BCUT2D eigenvalue weighted by atomic mass is 9.82. The van der Waals surface area contributed by atoms with E-state index >= 15 is 0 Å². The number of rotatable bonds is 4. The zero-order valence-electron chi connectivity index (χ0n) is 12.5. The van der Waals surface area contributed by atoms with Crippen molar-refractivity contribution in [2.45, 2.75) is 57.5 Å². The van der Waals surface area contributed by atoms with E-state index in [-0.39, 0.29) is 18.0 Å². The first-order chi connectivity index (χ1) is 9.52. The van der Waals surface area contributed by atoms with Crippen molar-refractivity contribution in [1.29, 1.82) is 0 Å². The molecule has 1 saturated heterocycles. The van der Waals surface area contributed by atoms with Crippen LogP contribution in [0.2, 0.25) is 0 Å². The first-order valence-corrected chi connectivity index (χ1v) is 7.83. The van der Waals surface area contributed by atoms with Crippen molar-refractivity contribution in [1.82, 2.24) is 10.6 Å². The molecule has 1 atom stereocenters. The molecule has 2 rings (SSSR count). The summed E-state index contributed by atoms with van der Waals surface area (Å²) in [5, 5.41) is 15.8. The zero-order valence-corrected chi connectivity index (χ0v) is 12.5. The number of carbonyl (C=O) groups excluding carboxylic acids is 1. The molecule has 2 aliphatic rings. The Bertz CT molecular complexity index is 319. The Morgan fingerprint density at radius 3 is 2.35 bits per heavy atom. The third kappa shape index (κ3) is 4.63. The van der Waals surface area contributed by atoms with Gasteiger partial charge in [0.2, 0.25) is 0 Å². The summed E-state index contributed by atoms with van der Waals surface area (Å²) in [5.74, 6) is 0. The highest BCUT2D eigenvalue weighted by Crippen LogP contribution is 2.33. The molecular formula is C15H28N2O3. The van der Waals surface area contributed by atoms with E-state index in [9.17, 15) is 9.90 Å². The second-order valence-corrected chi connectivity index (χ2v) is 6.79. The van der Waals surface area contributed by atoms with E-state index < -0.39 is 5.60 Å². The van der Waals surface area contributed by atoms with Gasteiger partial charge in [0, 0.05) is 19.6 Å². The van der Waals surface area contributed by atoms with Crippen LogP contribution in [-0.4, -0.2) is 43.0 Å². The second-order valence-electron chi connectivity index (χ2n) is 6.79. The van der Waals surface area contributed by atoms with Crippen molar-refractivity contribution in [2.24, 2.45) is 5.41 Å². The number of nitrogens with one attached hydrogen (secondary N) is 2. The molecule has 2 fully saturated rings. The Labute approximate surface area is 121 Å². The van der Waals surface area contributed by atoms with Crippen molar-refractivity contribution in [3.05, 3.63) is 0 Å². The predicted octanol–water partition coefficient (Wildman–Crippen LogP) is 1.80. The Morgan fingerprint density at radius 1 is 1.10 bits per heavy atom. The van der Waals surface area contributed by atoms with Crippen molar-refractivity contribution < 1.29 is 14.6 Å². The van der Waals surface area contributed by atoms with Gasteiger partial charge in [-0.15, -0.1) is 0 Å². The van der Waals surface area contributed by atoms with Gasteiger partial charge in [-0.25, -0.2) is 4.79 Å². The average Bonchev–Trinajstić information content (AvgIpc) is 2.74. The number of hydrogen-bond acceptors (Lipinski definition) is 3. The van der Waals surface area contributed by atoms with Crippen LogP contribution in [-0.2, 0) is 4.74 Å². The van der Waals surface area contributed by atoms with Gasteiger partial charge in [-0.3, -0.25) is 0 Å². The molecule has 1 saturated carbocycles. The largest absolute Gasteiger partial charge is 0.386 e. The van der Waals surface area contributed by atoms with Gasteiger partial charge in [-0.05, 0) is 18.3 Å². The molecule has 0 spiro atoms. The summed E-state index contributed by atoms with van der Waals surface area (Å²) < 4.78 is 5.16. The van der Waals surface area contributed by atoms with Gasteiger partial charge >= 0.3 is 6.03 Å². The molecule has 116 valence electrons. The van der Waals surface area contributed by atoms with E-state index in [1.165, 1.54) is 38.5 Å². The van der Waals surface area contributed by atoms with Crippen LogP contribution in [0.1, 0.15) is 51.9 Å². The molecule has 5 heteroatoms. The van der Waals surface area contributed by atoms with Crippen molar-refractivity contribution in [3.63, 3.8) is 0 Å². The predicted molar refractivity (Wildman–Crippen MR) is 77.6 cm³/mol. The van der Waals surface area contributed by atoms with E-state index in [1.807, 2.05) is 0 Å². The maximum absolute atomic E-state index is 11.8. The maximum atomic E-state index is 11.8. The summed E-state index contributed by atoms with van der Waals surface area (Å²) in [7, 11) is 0. The van der Waals surface area contributed by atoms with Gasteiger partial charge in [-0.1, -0.05) is 32.6 Å². The lowest BCUT2D eigenvalue weighted by molar-refractivity contribution is 0.0291. The fourth-order valence-corrected chi connectivity index (χ4v) is 3.10. The molecule has 0 aromatic carbocycles. The Morgan fingerprint density at radius 2 is 1.75 bits per heavy atom. The van der Waals surface area contributed by atoms with Gasteiger partial charge in [0.05, 0.1) is 13.2 Å². The highest BCUT2D eigenvalue weighted by molar-refractivity contribution is 5.73. The summed E-state index contributed by atoms with van der Waals surface area (Å²) in [6.07, 6.45) is 8.11. The normalized spacial score (nSPS) is 29.7. The molecular weight excluding hydrogens is 256 g/mol. The van der Waals surface area contributed by atoms with Crippen LogP contribution >= 0.6 is 0 Å². The van der Waals surface area contributed by atoms with Crippen LogP contribution in [0.4, 0.5) is 4.79 Å². The Hall–Kier alpha value is -0.810. The molecule has 20 heavy (non-hydrogen) atoms. The monoisotopic (exact) mass is 284 g/mol. The minimum Gasteiger partial charge on any atom is -0.386 e. The van der Waals surface area contributed by atoms with Crippen LogP contribution in [0.3, 0.4) is 0 Å². The summed E-state index contributed by atoms with van der Waals surface area (Å²) in [6.45, 7) is 4.11. The van der Waals surface area contributed by atoms with Gasteiger partial charge < -0.3 is 20.5 Å². The molecule has 2 amide bonds. The summed E-state index contributed by atoms with van der Waals surface area (Å²) in [6, 6.07) is -0.184. The number of hydrogen-bond donors (Lipinski definition) is 3. The van der Waals surface area contributed by atoms with Crippen LogP contribution < -0.4 is 10.6 Å².